The molecule has 1 fully saturated rings. The Hall–Kier alpha value is -2.77. The van der Waals surface area contributed by atoms with Crippen LogP contribution in [0.5, 0.6) is 0 Å². The van der Waals surface area contributed by atoms with Crippen molar-refractivity contribution in [2.24, 2.45) is 5.73 Å². The minimum absolute atomic E-state index is 0. The average Bonchev–Trinajstić information content (AvgIpc) is 2.94. The minimum atomic E-state index is -0.982. The van der Waals surface area contributed by atoms with Gasteiger partial charge in [-0.2, -0.15) is 0 Å². The molecule has 1 unspecified atom stereocenters. The highest BCUT2D eigenvalue weighted by molar-refractivity contribution is 6.23. The van der Waals surface area contributed by atoms with Gasteiger partial charge in [-0.25, -0.2) is 0 Å². The third-order valence-corrected chi connectivity index (χ3v) is 4.48. The summed E-state index contributed by atoms with van der Waals surface area (Å²) in [6.07, 6.45) is 0.201. The Bertz CT molecular complexity index is 908. The van der Waals surface area contributed by atoms with Gasteiger partial charge in [0.15, 0.2) is 0 Å². The molecule has 2 aliphatic rings. The fraction of sp³-hybridized carbons (Fsp3) is 0.400. The van der Waals surface area contributed by atoms with Gasteiger partial charge in [-0.3, -0.25) is 29.4 Å². The topological polar surface area (TPSA) is 128 Å². The first-order valence-electron chi connectivity index (χ1n) is 9.23. The Morgan fingerprint density at radius 3 is 2.53 bits per heavy atom. The van der Waals surface area contributed by atoms with Crippen LogP contribution in [0.3, 0.4) is 0 Å². The Morgan fingerprint density at radius 2 is 1.80 bits per heavy atom. The van der Waals surface area contributed by atoms with Crippen molar-refractivity contribution in [3.63, 3.8) is 0 Å². The van der Waals surface area contributed by atoms with Crippen LogP contribution >= 0.6 is 12.4 Å². The predicted octanol–water partition coefficient (Wildman–Crippen LogP) is -0.147. The zero-order chi connectivity index (χ0) is 20.8. The fourth-order valence-electron chi connectivity index (χ4n) is 3.11. The summed E-state index contributed by atoms with van der Waals surface area (Å²) in [6, 6.07) is 3.70. The second kappa shape index (κ2) is 10.8. The van der Waals surface area contributed by atoms with E-state index in [1.165, 1.54) is 12.1 Å². The highest BCUT2D eigenvalue weighted by Gasteiger charge is 2.44. The first kappa shape index (κ1) is 23.5. The van der Waals surface area contributed by atoms with Crippen molar-refractivity contribution in [1.82, 2.24) is 10.2 Å². The fourth-order valence-corrected chi connectivity index (χ4v) is 3.11. The number of nitrogens with one attached hydrogen (secondary N) is 1. The van der Waals surface area contributed by atoms with Crippen LogP contribution in [0.25, 0.3) is 0 Å². The lowest BCUT2D eigenvalue weighted by Gasteiger charge is -2.27. The molecule has 3 rings (SSSR count). The molecule has 0 aromatic heterocycles. The number of nitrogens with zero attached hydrogens (tertiary/aromatic N) is 1. The number of hydrogen-bond acceptors (Lipinski definition) is 7. The molecule has 0 aliphatic carbocycles. The number of fused-ring (bicyclic) bond motifs is 1. The molecule has 10 heteroatoms. The molecule has 0 bridgehead atoms. The van der Waals surface area contributed by atoms with Crippen molar-refractivity contribution < 1.29 is 28.7 Å². The summed E-state index contributed by atoms with van der Waals surface area (Å²) in [5.74, 6) is 3.57. The van der Waals surface area contributed by atoms with Crippen LogP contribution in [0.15, 0.2) is 18.2 Å². The minimum Gasteiger partial charge on any atom is -0.378 e. The van der Waals surface area contributed by atoms with Gasteiger partial charge in [0.1, 0.15) is 12.6 Å². The van der Waals surface area contributed by atoms with Crippen LogP contribution in [0, 0.1) is 11.8 Å². The zero-order valence-electron chi connectivity index (χ0n) is 16.1. The molecule has 0 spiro atoms. The summed E-state index contributed by atoms with van der Waals surface area (Å²) in [5, 5.41) is 2.17. The molecule has 9 nitrogen and oxygen atoms in total. The van der Waals surface area contributed by atoms with E-state index < -0.39 is 29.7 Å². The number of piperidine rings is 1. The van der Waals surface area contributed by atoms with E-state index >= 15 is 0 Å². The molecule has 1 atom stereocenters. The van der Waals surface area contributed by atoms with Gasteiger partial charge in [0, 0.05) is 18.5 Å². The van der Waals surface area contributed by atoms with E-state index in [-0.39, 0.29) is 43.0 Å². The molecular weight excluding hydrogens is 414 g/mol. The zero-order valence-corrected chi connectivity index (χ0v) is 17.0. The van der Waals surface area contributed by atoms with Gasteiger partial charge in [0.2, 0.25) is 11.8 Å². The molecule has 0 saturated carbocycles. The lowest BCUT2D eigenvalue weighted by molar-refractivity contribution is -0.136. The van der Waals surface area contributed by atoms with E-state index in [0.29, 0.717) is 31.9 Å². The van der Waals surface area contributed by atoms with Gasteiger partial charge in [-0.15, -0.1) is 12.4 Å². The summed E-state index contributed by atoms with van der Waals surface area (Å²) in [7, 11) is 0. The van der Waals surface area contributed by atoms with Crippen LogP contribution < -0.4 is 11.1 Å². The van der Waals surface area contributed by atoms with Crippen molar-refractivity contribution in [3.8, 4) is 11.8 Å². The van der Waals surface area contributed by atoms with Crippen LogP contribution in [-0.4, -0.2) is 67.5 Å². The smallest absolute Gasteiger partial charge is 0.262 e. The third kappa shape index (κ3) is 5.23. The van der Waals surface area contributed by atoms with E-state index in [9.17, 15) is 19.2 Å². The number of benzene rings is 1. The molecule has 4 amide bonds. The standard InChI is InChI=1S/C20H21N3O6.ClH/c21-7-9-29-11-10-28-8-1-2-13-3-4-14-15(12-13)20(27)23(19(14)26)16-5-6-17(24)22-18(16)25;/h3-4,12,16H,5-11,21H2,(H,22,24,25);1H. The number of hydrogen-bond donors (Lipinski definition) is 2. The van der Waals surface area contributed by atoms with E-state index in [0.717, 1.165) is 4.90 Å². The highest BCUT2D eigenvalue weighted by Crippen LogP contribution is 2.28. The van der Waals surface area contributed by atoms with Gasteiger partial charge in [-0.1, -0.05) is 11.8 Å². The molecule has 2 aliphatic heterocycles. The average molecular weight is 436 g/mol. The SMILES string of the molecule is Cl.NCCOCCOCC#Cc1ccc2c(c1)C(=O)N(C1CCC(=O)NC1=O)C2=O. The highest BCUT2D eigenvalue weighted by atomic mass is 35.5. The lowest BCUT2D eigenvalue weighted by atomic mass is 10.0. The summed E-state index contributed by atoms with van der Waals surface area (Å²) in [5.41, 5.74) is 6.28. The van der Waals surface area contributed by atoms with Gasteiger partial charge < -0.3 is 15.2 Å². The van der Waals surface area contributed by atoms with Crippen molar-refractivity contribution in [2.45, 2.75) is 18.9 Å². The number of nitrogens with two attached hydrogens (primary N) is 1. The maximum absolute atomic E-state index is 12.7. The van der Waals surface area contributed by atoms with Crippen LogP contribution in [0.4, 0.5) is 0 Å². The van der Waals surface area contributed by atoms with Gasteiger partial charge >= 0.3 is 0 Å². The summed E-state index contributed by atoms with van der Waals surface area (Å²) in [4.78, 5) is 49.6. The van der Waals surface area contributed by atoms with Crippen molar-refractivity contribution in [3.05, 3.63) is 34.9 Å². The van der Waals surface area contributed by atoms with E-state index in [1.807, 2.05) is 0 Å². The molecule has 3 N–H and O–H groups in total. The van der Waals surface area contributed by atoms with Gasteiger partial charge in [-0.05, 0) is 24.6 Å². The maximum Gasteiger partial charge on any atom is 0.262 e. The van der Waals surface area contributed by atoms with Crippen molar-refractivity contribution >= 4 is 36.0 Å². The van der Waals surface area contributed by atoms with E-state index in [1.54, 1.807) is 6.07 Å². The van der Waals surface area contributed by atoms with E-state index in [2.05, 4.69) is 17.2 Å². The Morgan fingerprint density at radius 1 is 1.07 bits per heavy atom. The quantitative estimate of drug-likeness (QED) is 0.346. The van der Waals surface area contributed by atoms with Crippen LogP contribution in [0.1, 0.15) is 39.1 Å². The number of rotatable bonds is 7. The van der Waals surface area contributed by atoms with E-state index in [4.69, 9.17) is 15.2 Å². The molecular formula is C20H22ClN3O6. The molecule has 160 valence electrons. The molecule has 1 aromatic rings. The first-order valence-corrected chi connectivity index (χ1v) is 9.23. The monoisotopic (exact) mass is 435 g/mol. The molecule has 0 radical (unpaired) electrons. The first-order chi connectivity index (χ1) is 14.0. The second-order valence-electron chi connectivity index (χ2n) is 6.46. The second-order valence-corrected chi connectivity index (χ2v) is 6.46. The molecule has 1 saturated heterocycles. The normalized spacial score (nSPS) is 17.8. The summed E-state index contributed by atoms with van der Waals surface area (Å²) < 4.78 is 10.5. The lowest BCUT2D eigenvalue weighted by Crippen LogP contribution is -2.54. The number of carbonyl (C=O) groups excluding carboxylic acids is 4. The van der Waals surface area contributed by atoms with Crippen molar-refractivity contribution in [1.29, 1.82) is 0 Å². The van der Waals surface area contributed by atoms with Crippen molar-refractivity contribution in [2.75, 3.05) is 33.0 Å². The van der Waals surface area contributed by atoms with Crippen LogP contribution in [0.2, 0.25) is 0 Å². The molecule has 30 heavy (non-hydrogen) atoms. The van der Waals surface area contributed by atoms with Gasteiger partial charge in [0.25, 0.3) is 11.8 Å². The van der Waals surface area contributed by atoms with Crippen LogP contribution in [-0.2, 0) is 19.1 Å². The number of halogens is 1. The largest absolute Gasteiger partial charge is 0.378 e. The summed E-state index contributed by atoms with van der Waals surface area (Å²) in [6.45, 7) is 1.96. The maximum atomic E-state index is 12.7. The number of carbonyl (C=O) groups is 4. The Kier molecular flexibility index (Phi) is 8.50. The Balaban J connectivity index is 0.00000320. The Labute approximate surface area is 179 Å². The van der Waals surface area contributed by atoms with Gasteiger partial charge in [0.05, 0.1) is 30.9 Å². The number of imide groups is 2. The molecule has 1 aromatic carbocycles. The molecule has 2 heterocycles. The summed E-state index contributed by atoms with van der Waals surface area (Å²) >= 11 is 0. The number of ether oxygens (including phenoxy) is 2. The number of amides is 4. The predicted molar refractivity (Wildman–Crippen MR) is 108 cm³/mol. The third-order valence-electron chi connectivity index (χ3n) is 4.48.